The number of hydrogen-bond donors (Lipinski definition) is 3. The van der Waals surface area contributed by atoms with Crippen LogP contribution in [0.5, 0.6) is 0 Å². The zero-order chi connectivity index (χ0) is 16.8. The Balaban J connectivity index is 1.96. The molecule has 0 atom stereocenters. The number of hydrogen-bond acceptors (Lipinski definition) is 5. The number of ether oxygens (including phenoxy) is 1. The Morgan fingerprint density at radius 1 is 1.17 bits per heavy atom. The standard InChI is InChI=1S/C15H17N3O5/c1-2-23-15(22)9-5-3-4-6-11(9)16-12(19)8-7-10-13(20)17-18-14(10)21/h3-6,10H,2,7-8H2,1H3,(H,16,19)(H,17,20)(H,18,21). The molecule has 1 heterocycles. The van der Waals surface area contributed by atoms with Gasteiger partial charge in [-0.25, -0.2) is 4.79 Å². The summed E-state index contributed by atoms with van der Waals surface area (Å²) in [6, 6.07) is 6.47. The predicted molar refractivity (Wildman–Crippen MR) is 80.0 cm³/mol. The molecule has 23 heavy (non-hydrogen) atoms. The number of esters is 1. The van der Waals surface area contributed by atoms with E-state index in [9.17, 15) is 19.2 Å². The van der Waals surface area contributed by atoms with Crippen molar-refractivity contribution in [3.8, 4) is 0 Å². The molecular weight excluding hydrogens is 302 g/mol. The molecule has 2 rings (SSSR count). The molecule has 1 fully saturated rings. The molecule has 0 bridgehead atoms. The van der Waals surface area contributed by atoms with Gasteiger partial charge in [-0.3, -0.25) is 25.2 Å². The molecular formula is C15H17N3O5. The van der Waals surface area contributed by atoms with Crippen LogP contribution in [0.3, 0.4) is 0 Å². The maximum Gasteiger partial charge on any atom is 0.340 e. The van der Waals surface area contributed by atoms with Crippen molar-refractivity contribution in [3.63, 3.8) is 0 Å². The van der Waals surface area contributed by atoms with Crippen LogP contribution in [0.4, 0.5) is 5.69 Å². The van der Waals surface area contributed by atoms with Crippen molar-refractivity contribution in [2.75, 3.05) is 11.9 Å². The van der Waals surface area contributed by atoms with Gasteiger partial charge in [-0.2, -0.15) is 0 Å². The highest BCUT2D eigenvalue weighted by molar-refractivity contribution is 6.06. The Morgan fingerprint density at radius 3 is 2.48 bits per heavy atom. The van der Waals surface area contributed by atoms with E-state index in [0.717, 1.165) is 0 Å². The van der Waals surface area contributed by atoms with E-state index >= 15 is 0 Å². The first-order valence-corrected chi connectivity index (χ1v) is 7.18. The highest BCUT2D eigenvalue weighted by Crippen LogP contribution is 2.18. The summed E-state index contributed by atoms with van der Waals surface area (Å²) in [6.07, 6.45) is 0.0632. The maximum absolute atomic E-state index is 12.0. The minimum atomic E-state index is -0.874. The molecule has 1 aliphatic heterocycles. The quantitative estimate of drug-likeness (QED) is 0.517. The molecule has 1 aromatic rings. The van der Waals surface area contributed by atoms with Gasteiger partial charge in [-0.1, -0.05) is 12.1 Å². The first kappa shape index (κ1) is 16.5. The molecule has 0 saturated carbocycles. The highest BCUT2D eigenvalue weighted by atomic mass is 16.5. The number of carbonyl (C=O) groups is 4. The molecule has 1 aliphatic rings. The monoisotopic (exact) mass is 319 g/mol. The number of amides is 3. The van der Waals surface area contributed by atoms with E-state index < -0.39 is 29.6 Å². The largest absolute Gasteiger partial charge is 0.462 e. The number of carbonyl (C=O) groups excluding carboxylic acids is 4. The van der Waals surface area contributed by atoms with Gasteiger partial charge in [0.25, 0.3) is 11.8 Å². The van der Waals surface area contributed by atoms with Gasteiger partial charge in [0.1, 0.15) is 5.92 Å². The predicted octanol–water partition coefficient (Wildman–Crippen LogP) is 0.359. The minimum absolute atomic E-state index is 0.0251. The Bertz CT molecular complexity index is 628. The van der Waals surface area contributed by atoms with Gasteiger partial charge in [-0.05, 0) is 25.5 Å². The lowest BCUT2D eigenvalue weighted by atomic mass is 10.0. The lowest BCUT2D eigenvalue weighted by Crippen LogP contribution is -2.28. The van der Waals surface area contributed by atoms with Crippen LogP contribution in [0.1, 0.15) is 30.1 Å². The third-order valence-electron chi connectivity index (χ3n) is 3.30. The summed E-state index contributed by atoms with van der Waals surface area (Å²) >= 11 is 0. The van der Waals surface area contributed by atoms with E-state index in [4.69, 9.17) is 4.74 Å². The van der Waals surface area contributed by atoms with Crippen molar-refractivity contribution in [3.05, 3.63) is 29.8 Å². The van der Waals surface area contributed by atoms with Crippen molar-refractivity contribution < 1.29 is 23.9 Å². The molecule has 0 radical (unpaired) electrons. The topological polar surface area (TPSA) is 114 Å². The first-order chi connectivity index (χ1) is 11.0. The summed E-state index contributed by atoms with van der Waals surface area (Å²) < 4.78 is 4.92. The fourth-order valence-corrected chi connectivity index (χ4v) is 2.15. The molecule has 3 amide bonds. The van der Waals surface area contributed by atoms with E-state index in [1.54, 1.807) is 31.2 Å². The summed E-state index contributed by atoms with van der Waals surface area (Å²) in [5, 5.41) is 2.60. The molecule has 0 spiro atoms. The second-order valence-electron chi connectivity index (χ2n) is 4.88. The maximum atomic E-state index is 12.0. The average molecular weight is 319 g/mol. The smallest absolute Gasteiger partial charge is 0.340 e. The molecule has 1 aromatic carbocycles. The van der Waals surface area contributed by atoms with Gasteiger partial charge in [0.2, 0.25) is 5.91 Å². The van der Waals surface area contributed by atoms with Gasteiger partial charge < -0.3 is 10.1 Å². The number of anilines is 1. The van der Waals surface area contributed by atoms with E-state index in [1.165, 1.54) is 0 Å². The van der Waals surface area contributed by atoms with E-state index in [-0.39, 0.29) is 25.0 Å². The summed E-state index contributed by atoms with van der Waals surface area (Å²) in [4.78, 5) is 46.6. The lowest BCUT2D eigenvalue weighted by molar-refractivity contribution is -0.128. The molecule has 122 valence electrons. The van der Waals surface area contributed by atoms with Crippen molar-refractivity contribution >= 4 is 29.4 Å². The van der Waals surface area contributed by atoms with Crippen LogP contribution in [0.2, 0.25) is 0 Å². The Morgan fingerprint density at radius 2 is 1.83 bits per heavy atom. The third-order valence-corrected chi connectivity index (χ3v) is 3.30. The highest BCUT2D eigenvalue weighted by Gasteiger charge is 2.32. The van der Waals surface area contributed by atoms with Crippen LogP contribution in [0.25, 0.3) is 0 Å². The van der Waals surface area contributed by atoms with Crippen LogP contribution in [-0.4, -0.2) is 30.3 Å². The van der Waals surface area contributed by atoms with E-state index in [0.29, 0.717) is 5.69 Å². The normalized spacial score (nSPS) is 14.1. The fraction of sp³-hybridized carbons (Fsp3) is 0.333. The number of rotatable bonds is 6. The van der Waals surface area contributed by atoms with Gasteiger partial charge in [-0.15, -0.1) is 0 Å². The molecule has 0 unspecified atom stereocenters. The Labute approximate surface area is 132 Å². The van der Waals surface area contributed by atoms with Crippen molar-refractivity contribution in [1.82, 2.24) is 10.9 Å². The van der Waals surface area contributed by atoms with Crippen molar-refractivity contribution in [2.24, 2.45) is 5.92 Å². The van der Waals surface area contributed by atoms with Crippen LogP contribution in [0, 0.1) is 5.92 Å². The number of benzene rings is 1. The van der Waals surface area contributed by atoms with Gasteiger partial charge >= 0.3 is 5.97 Å². The van der Waals surface area contributed by atoms with Gasteiger partial charge in [0.05, 0.1) is 17.9 Å². The number of hydrazine groups is 1. The Hall–Kier alpha value is -2.90. The number of para-hydroxylation sites is 1. The van der Waals surface area contributed by atoms with Crippen LogP contribution < -0.4 is 16.2 Å². The zero-order valence-corrected chi connectivity index (χ0v) is 12.5. The van der Waals surface area contributed by atoms with Crippen LogP contribution in [-0.2, 0) is 19.1 Å². The van der Waals surface area contributed by atoms with E-state index in [1.807, 2.05) is 0 Å². The molecule has 0 aromatic heterocycles. The van der Waals surface area contributed by atoms with Gasteiger partial charge in [0.15, 0.2) is 0 Å². The Kier molecular flexibility index (Phi) is 5.29. The van der Waals surface area contributed by atoms with Crippen molar-refractivity contribution in [1.29, 1.82) is 0 Å². The average Bonchev–Trinajstić information content (AvgIpc) is 2.84. The van der Waals surface area contributed by atoms with Crippen LogP contribution >= 0.6 is 0 Å². The summed E-state index contributed by atoms with van der Waals surface area (Å²) in [7, 11) is 0. The molecule has 8 heteroatoms. The second kappa shape index (κ2) is 7.39. The minimum Gasteiger partial charge on any atom is -0.462 e. The van der Waals surface area contributed by atoms with Gasteiger partial charge in [0, 0.05) is 6.42 Å². The third kappa shape index (κ3) is 4.06. The first-order valence-electron chi connectivity index (χ1n) is 7.18. The zero-order valence-electron chi connectivity index (χ0n) is 12.5. The molecule has 1 saturated heterocycles. The van der Waals surface area contributed by atoms with E-state index in [2.05, 4.69) is 16.2 Å². The fourth-order valence-electron chi connectivity index (χ4n) is 2.15. The van der Waals surface area contributed by atoms with Crippen LogP contribution in [0.15, 0.2) is 24.3 Å². The summed E-state index contributed by atoms with van der Waals surface area (Å²) in [6.45, 7) is 1.92. The SMILES string of the molecule is CCOC(=O)c1ccccc1NC(=O)CCC1C(=O)NNC1=O. The molecule has 3 N–H and O–H groups in total. The lowest BCUT2D eigenvalue weighted by Gasteiger charge is -2.10. The number of nitrogens with one attached hydrogen (secondary N) is 3. The summed E-state index contributed by atoms with van der Waals surface area (Å²) in [5.41, 5.74) is 4.98. The van der Waals surface area contributed by atoms with Crippen molar-refractivity contribution in [2.45, 2.75) is 19.8 Å². The molecule has 0 aliphatic carbocycles. The molecule has 8 nitrogen and oxygen atoms in total. The second-order valence-corrected chi connectivity index (χ2v) is 4.88. The summed E-state index contributed by atoms with van der Waals surface area (Å²) in [5.74, 6) is -2.70.